The fraction of sp³-hybridized carbons (Fsp3) is 0.250. The van der Waals surface area contributed by atoms with Crippen molar-refractivity contribution in [3.8, 4) is 23.0 Å². The fourth-order valence-corrected chi connectivity index (χ4v) is 7.06. The number of para-hydroxylation sites is 1. The van der Waals surface area contributed by atoms with E-state index in [0.717, 1.165) is 90.9 Å². The average Bonchev–Trinajstić information content (AvgIpc) is 3.66. The van der Waals surface area contributed by atoms with Crippen LogP contribution in [0.25, 0.3) is 21.8 Å². The molecule has 0 radical (unpaired) electrons. The first-order chi connectivity index (χ1) is 31.2. The Morgan fingerprint density at radius 1 is 0.562 bits per heavy atom. The highest BCUT2D eigenvalue weighted by Gasteiger charge is 2.22. The molecule has 0 spiro atoms. The predicted octanol–water partition coefficient (Wildman–Crippen LogP) is 10.8. The van der Waals surface area contributed by atoms with E-state index in [4.69, 9.17) is 28.4 Å². The zero-order chi connectivity index (χ0) is 45.3. The minimum absolute atomic E-state index is 0.0108. The Kier molecular flexibility index (Phi) is 16.6. The third kappa shape index (κ3) is 12.3. The summed E-state index contributed by atoms with van der Waals surface area (Å²) in [5.41, 5.74) is 3.42. The molecular formula is C52H52N2O10. The largest absolute Gasteiger partial charge is 0.494 e. The molecule has 1 N–H and O–H groups in total. The standard InChI is InChI=1S/C52H52N2O10/c1-4-47(55)61-33-14-8-6-12-31-59-39-25-21-37(22-26-39)51(57)63-41-29-30-46(43(35-41)50(53)54-44-19-11-10-18-42(44)49-36(3)17-16-20-45(49)54)64-52(58)38-23-27-40(28-24-38)60-32-13-7-9-15-34-62-48(56)5-2/h4-5,10-11,16-30,35,53H,1-2,6-9,12-15,31-34H2,3H3. The Bertz CT molecular complexity index is 2610. The van der Waals surface area contributed by atoms with Crippen LogP contribution in [-0.2, 0) is 19.1 Å². The van der Waals surface area contributed by atoms with E-state index in [1.807, 2.05) is 49.4 Å². The molecular weight excluding hydrogens is 813 g/mol. The lowest BCUT2D eigenvalue weighted by Crippen LogP contribution is -2.17. The summed E-state index contributed by atoms with van der Waals surface area (Å²) in [5.74, 6) is -0.630. The van der Waals surface area contributed by atoms with Crippen molar-refractivity contribution in [3.63, 3.8) is 0 Å². The third-order valence-electron chi connectivity index (χ3n) is 10.4. The van der Waals surface area contributed by atoms with Gasteiger partial charge in [-0.3, -0.25) is 9.98 Å². The number of nitrogens with one attached hydrogen (secondary N) is 1. The molecule has 0 aliphatic carbocycles. The van der Waals surface area contributed by atoms with Gasteiger partial charge in [-0.05, 0) is 143 Å². The first kappa shape index (κ1) is 46.0. The quantitative estimate of drug-likeness (QED) is 0.0164. The molecule has 12 nitrogen and oxygen atoms in total. The van der Waals surface area contributed by atoms with Crippen molar-refractivity contribution in [2.45, 2.75) is 58.3 Å². The maximum absolute atomic E-state index is 13.7. The van der Waals surface area contributed by atoms with Crippen LogP contribution in [0.3, 0.4) is 0 Å². The van der Waals surface area contributed by atoms with Gasteiger partial charge in [-0.25, -0.2) is 19.2 Å². The van der Waals surface area contributed by atoms with Crippen LogP contribution in [-0.4, -0.2) is 60.7 Å². The van der Waals surface area contributed by atoms with Crippen molar-refractivity contribution in [2.75, 3.05) is 26.4 Å². The molecule has 0 aliphatic heterocycles. The van der Waals surface area contributed by atoms with Crippen LogP contribution >= 0.6 is 0 Å². The molecule has 0 aliphatic rings. The Morgan fingerprint density at radius 3 is 1.62 bits per heavy atom. The van der Waals surface area contributed by atoms with Crippen LogP contribution in [0.15, 0.2) is 135 Å². The number of fused-ring (bicyclic) bond motifs is 3. The molecule has 6 rings (SSSR count). The van der Waals surface area contributed by atoms with E-state index in [2.05, 4.69) is 13.2 Å². The second-order valence-electron chi connectivity index (χ2n) is 14.9. The van der Waals surface area contributed by atoms with Crippen molar-refractivity contribution in [1.82, 2.24) is 4.57 Å². The van der Waals surface area contributed by atoms with Crippen LogP contribution in [0.4, 0.5) is 0 Å². The van der Waals surface area contributed by atoms with E-state index in [9.17, 15) is 24.6 Å². The molecule has 0 amide bonds. The van der Waals surface area contributed by atoms with Gasteiger partial charge in [0.05, 0.1) is 54.2 Å². The lowest BCUT2D eigenvalue weighted by atomic mass is 10.1. The summed E-state index contributed by atoms with van der Waals surface area (Å²) in [6.07, 6.45) is 9.07. The lowest BCUT2D eigenvalue weighted by molar-refractivity contribution is -0.138. The highest BCUT2D eigenvalue weighted by molar-refractivity contribution is 6.18. The van der Waals surface area contributed by atoms with Gasteiger partial charge in [0.1, 0.15) is 28.8 Å². The third-order valence-corrected chi connectivity index (χ3v) is 10.4. The van der Waals surface area contributed by atoms with Crippen LogP contribution in [0.1, 0.15) is 83.2 Å². The van der Waals surface area contributed by atoms with E-state index in [1.165, 1.54) is 18.2 Å². The molecule has 0 bridgehead atoms. The van der Waals surface area contributed by atoms with E-state index >= 15 is 0 Å². The van der Waals surface area contributed by atoms with E-state index in [1.54, 1.807) is 53.1 Å². The molecule has 0 fully saturated rings. The smallest absolute Gasteiger partial charge is 0.343 e. The topological polar surface area (TPSA) is 152 Å². The number of esters is 4. The minimum Gasteiger partial charge on any atom is -0.494 e. The Hall–Kier alpha value is -7.47. The monoisotopic (exact) mass is 864 g/mol. The number of hydrogen-bond donors (Lipinski definition) is 1. The van der Waals surface area contributed by atoms with E-state index < -0.39 is 23.9 Å². The Morgan fingerprint density at radius 2 is 1.06 bits per heavy atom. The number of aryl methyl sites for hydroxylation is 1. The number of hydrogen-bond acceptors (Lipinski definition) is 11. The van der Waals surface area contributed by atoms with Crippen molar-refractivity contribution in [2.24, 2.45) is 0 Å². The molecule has 1 heterocycles. The number of carbonyl (C=O) groups is 4. The number of ether oxygens (including phenoxy) is 6. The maximum Gasteiger partial charge on any atom is 0.343 e. The predicted molar refractivity (Wildman–Crippen MR) is 246 cm³/mol. The van der Waals surface area contributed by atoms with Crippen LogP contribution < -0.4 is 18.9 Å². The molecule has 0 atom stereocenters. The van der Waals surface area contributed by atoms with Gasteiger partial charge in [0, 0.05) is 22.9 Å². The van der Waals surface area contributed by atoms with Gasteiger partial charge in [0.2, 0.25) is 0 Å². The van der Waals surface area contributed by atoms with Crippen molar-refractivity contribution in [1.29, 1.82) is 5.41 Å². The average molecular weight is 865 g/mol. The molecule has 0 unspecified atom stereocenters. The maximum atomic E-state index is 13.7. The molecule has 330 valence electrons. The van der Waals surface area contributed by atoms with Crippen LogP contribution in [0, 0.1) is 12.3 Å². The molecule has 5 aromatic carbocycles. The summed E-state index contributed by atoms with van der Waals surface area (Å²) in [7, 11) is 0. The van der Waals surface area contributed by atoms with Gasteiger partial charge in [-0.15, -0.1) is 0 Å². The van der Waals surface area contributed by atoms with Gasteiger partial charge in [-0.1, -0.05) is 43.5 Å². The van der Waals surface area contributed by atoms with Crippen molar-refractivity contribution >= 4 is 51.5 Å². The molecule has 6 aromatic rings. The first-order valence-corrected chi connectivity index (χ1v) is 21.4. The molecule has 12 heteroatoms. The van der Waals surface area contributed by atoms with Gasteiger partial charge in [0.25, 0.3) is 0 Å². The minimum atomic E-state index is -0.644. The van der Waals surface area contributed by atoms with Crippen molar-refractivity contribution < 1.29 is 47.6 Å². The summed E-state index contributed by atoms with van der Waals surface area (Å²) in [5, 5.41) is 11.6. The normalized spacial score (nSPS) is 10.8. The van der Waals surface area contributed by atoms with Gasteiger partial charge < -0.3 is 28.4 Å². The lowest BCUT2D eigenvalue weighted by Gasteiger charge is -2.16. The van der Waals surface area contributed by atoms with E-state index in [0.29, 0.717) is 43.5 Å². The molecule has 0 saturated carbocycles. The highest BCUT2D eigenvalue weighted by atomic mass is 16.5. The summed E-state index contributed by atoms with van der Waals surface area (Å²) in [6.45, 7) is 10.5. The number of aromatic nitrogens is 1. The zero-order valence-corrected chi connectivity index (χ0v) is 36.0. The summed E-state index contributed by atoms with van der Waals surface area (Å²) in [6, 6.07) is 31.6. The van der Waals surface area contributed by atoms with E-state index in [-0.39, 0.29) is 28.5 Å². The van der Waals surface area contributed by atoms with Gasteiger partial charge >= 0.3 is 23.9 Å². The molecule has 64 heavy (non-hydrogen) atoms. The van der Waals surface area contributed by atoms with Crippen molar-refractivity contribution in [3.05, 3.63) is 157 Å². The molecule has 0 saturated heterocycles. The Balaban J connectivity index is 1.13. The number of carbonyl (C=O) groups excluding carboxylic acids is 4. The van der Waals surface area contributed by atoms with Gasteiger partial charge in [-0.2, -0.15) is 0 Å². The number of rotatable bonds is 23. The van der Waals surface area contributed by atoms with Gasteiger partial charge in [0.15, 0.2) is 0 Å². The summed E-state index contributed by atoms with van der Waals surface area (Å²) in [4.78, 5) is 49.4. The second-order valence-corrected chi connectivity index (χ2v) is 14.9. The first-order valence-electron chi connectivity index (χ1n) is 21.4. The summed E-state index contributed by atoms with van der Waals surface area (Å²) < 4.78 is 35.4. The van der Waals surface area contributed by atoms with Crippen LogP contribution in [0.2, 0.25) is 0 Å². The number of benzene rings is 5. The second kappa shape index (κ2) is 23.1. The summed E-state index contributed by atoms with van der Waals surface area (Å²) >= 11 is 0. The van der Waals surface area contributed by atoms with Crippen LogP contribution in [0.5, 0.6) is 23.0 Å². The highest BCUT2D eigenvalue weighted by Crippen LogP contribution is 2.34. The zero-order valence-electron chi connectivity index (χ0n) is 36.0. The number of unbranched alkanes of at least 4 members (excludes halogenated alkanes) is 6. The molecule has 1 aromatic heterocycles. The fourth-order valence-electron chi connectivity index (χ4n) is 7.06. The Labute approximate surface area is 372 Å². The SMILES string of the molecule is C=CC(=O)OCCCCCCOc1ccc(C(=O)Oc2ccc(OC(=O)c3ccc(OCCCCCCOC(=O)C=C)cc3)c(C(=N)n3c4ccccc4c4c(C)cccc43)c2)cc1. The number of nitrogens with zero attached hydrogens (tertiary/aromatic N) is 1.